The van der Waals surface area contributed by atoms with Gasteiger partial charge in [0.2, 0.25) is 11.8 Å². The van der Waals surface area contributed by atoms with Gasteiger partial charge in [-0.1, -0.05) is 22.0 Å². The average molecular weight is 435 g/mol. The third-order valence-electron chi connectivity index (χ3n) is 4.52. The minimum atomic E-state index is -0.456. The second kappa shape index (κ2) is 8.52. The van der Waals surface area contributed by atoms with Crippen LogP contribution in [0.15, 0.2) is 58.1 Å². The van der Waals surface area contributed by atoms with Crippen molar-refractivity contribution in [3.8, 4) is 0 Å². The van der Waals surface area contributed by atoms with Gasteiger partial charge in [-0.25, -0.2) is 4.39 Å². The molecular weight excluding hydrogens is 415 g/mol. The Hall–Kier alpha value is -2.41. The van der Waals surface area contributed by atoms with Crippen molar-refractivity contribution < 1.29 is 18.4 Å². The zero-order valence-electron chi connectivity index (χ0n) is 14.7. The summed E-state index contributed by atoms with van der Waals surface area (Å²) in [6.45, 7) is 4.76. The van der Waals surface area contributed by atoms with Gasteiger partial charge in [0.25, 0.3) is 0 Å². The summed E-state index contributed by atoms with van der Waals surface area (Å²) in [7, 11) is 0. The molecule has 2 heterocycles. The zero-order valence-corrected chi connectivity index (χ0v) is 16.3. The van der Waals surface area contributed by atoms with Crippen molar-refractivity contribution in [2.24, 2.45) is 5.92 Å². The van der Waals surface area contributed by atoms with E-state index in [0.29, 0.717) is 24.4 Å². The number of benzene rings is 1. The molecule has 0 N–H and O–H groups in total. The molecule has 1 saturated heterocycles. The van der Waals surface area contributed by atoms with Crippen molar-refractivity contribution in [3.05, 3.63) is 70.9 Å². The molecule has 2 amide bonds. The van der Waals surface area contributed by atoms with E-state index in [1.807, 2.05) is 0 Å². The molecule has 1 aromatic carbocycles. The van der Waals surface area contributed by atoms with Gasteiger partial charge in [0, 0.05) is 36.1 Å². The van der Waals surface area contributed by atoms with Gasteiger partial charge in [-0.3, -0.25) is 9.59 Å². The maximum atomic E-state index is 14.1. The Kier molecular flexibility index (Phi) is 6.11. The van der Waals surface area contributed by atoms with E-state index in [9.17, 15) is 14.0 Å². The number of rotatable bonds is 7. The van der Waals surface area contributed by atoms with E-state index in [-0.39, 0.29) is 37.1 Å². The first kappa shape index (κ1) is 19.4. The molecule has 3 rings (SSSR count). The second-order valence-corrected chi connectivity index (χ2v) is 7.41. The van der Waals surface area contributed by atoms with Crippen LogP contribution in [0.3, 0.4) is 0 Å². The highest BCUT2D eigenvalue weighted by molar-refractivity contribution is 9.10. The number of carbonyl (C=O) groups excluding carboxylic acids is 2. The molecule has 0 spiro atoms. The first-order chi connectivity index (χ1) is 13.0. The van der Waals surface area contributed by atoms with E-state index in [1.54, 1.807) is 41.5 Å². The molecule has 2 aromatic rings. The van der Waals surface area contributed by atoms with Crippen molar-refractivity contribution in [3.63, 3.8) is 0 Å². The fourth-order valence-corrected chi connectivity index (χ4v) is 3.61. The molecular formula is C20H20BrFN2O3. The standard InChI is InChI=1S/C20H20BrFN2O3/c1-2-7-23(11-14-9-16(21)5-6-18(14)22)20(26)15-10-19(25)24(12-15)13-17-4-3-8-27-17/h2-6,8-9,15H,1,7,10-13H2. The van der Waals surface area contributed by atoms with Crippen LogP contribution in [0.25, 0.3) is 0 Å². The summed E-state index contributed by atoms with van der Waals surface area (Å²) in [5.74, 6) is -0.415. The number of hydrogen-bond donors (Lipinski definition) is 0. The van der Waals surface area contributed by atoms with E-state index in [1.165, 1.54) is 11.0 Å². The lowest BCUT2D eigenvalue weighted by molar-refractivity contribution is -0.136. The smallest absolute Gasteiger partial charge is 0.228 e. The van der Waals surface area contributed by atoms with Crippen LogP contribution in [0.1, 0.15) is 17.7 Å². The lowest BCUT2D eigenvalue weighted by atomic mass is 10.1. The molecule has 0 radical (unpaired) electrons. The number of halogens is 2. The molecule has 1 atom stereocenters. The highest BCUT2D eigenvalue weighted by Crippen LogP contribution is 2.24. The predicted molar refractivity (Wildman–Crippen MR) is 102 cm³/mol. The Labute approximate surface area is 165 Å². The molecule has 0 aliphatic carbocycles. The van der Waals surface area contributed by atoms with Crippen LogP contribution in [0.5, 0.6) is 0 Å². The van der Waals surface area contributed by atoms with E-state index in [4.69, 9.17) is 4.42 Å². The van der Waals surface area contributed by atoms with Gasteiger partial charge in [-0.05, 0) is 30.3 Å². The summed E-state index contributed by atoms with van der Waals surface area (Å²) in [6, 6.07) is 8.18. The van der Waals surface area contributed by atoms with Crippen LogP contribution in [-0.4, -0.2) is 34.7 Å². The van der Waals surface area contributed by atoms with Crippen LogP contribution < -0.4 is 0 Å². The lowest BCUT2D eigenvalue weighted by Gasteiger charge is -2.25. The highest BCUT2D eigenvalue weighted by atomic mass is 79.9. The molecule has 1 aliphatic rings. The number of carbonyl (C=O) groups is 2. The molecule has 0 saturated carbocycles. The van der Waals surface area contributed by atoms with Crippen molar-refractivity contribution in [2.45, 2.75) is 19.5 Å². The van der Waals surface area contributed by atoms with Crippen molar-refractivity contribution in [2.75, 3.05) is 13.1 Å². The summed E-state index contributed by atoms with van der Waals surface area (Å²) in [6.07, 6.45) is 3.30. The van der Waals surface area contributed by atoms with Crippen LogP contribution >= 0.6 is 15.9 Å². The molecule has 1 aromatic heterocycles. The number of nitrogens with zero attached hydrogens (tertiary/aromatic N) is 2. The Morgan fingerprint density at radius 3 is 2.96 bits per heavy atom. The summed E-state index contributed by atoms with van der Waals surface area (Å²) >= 11 is 3.32. The van der Waals surface area contributed by atoms with Gasteiger partial charge in [-0.15, -0.1) is 6.58 Å². The first-order valence-corrected chi connectivity index (χ1v) is 9.41. The van der Waals surface area contributed by atoms with Gasteiger partial charge in [0.1, 0.15) is 11.6 Å². The van der Waals surface area contributed by atoms with E-state index >= 15 is 0 Å². The Morgan fingerprint density at radius 1 is 1.44 bits per heavy atom. The molecule has 142 valence electrons. The van der Waals surface area contributed by atoms with E-state index < -0.39 is 5.92 Å². The van der Waals surface area contributed by atoms with Crippen LogP contribution in [0.4, 0.5) is 4.39 Å². The van der Waals surface area contributed by atoms with Crippen LogP contribution in [0, 0.1) is 11.7 Å². The zero-order chi connectivity index (χ0) is 19.4. The third kappa shape index (κ3) is 4.66. The SMILES string of the molecule is C=CCN(Cc1cc(Br)ccc1F)C(=O)C1CC(=O)N(Cc2ccco2)C1. The number of furan rings is 1. The molecule has 1 fully saturated rings. The molecule has 1 unspecified atom stereocenters. The minimum absolute atomic E-state index is 0.0862. The Bertz CT molecular complexity index is 838. The maximum absolute atomic E-state index is 14.1. The molecule has 5 nitrogen and oxygen atoms in total. The van der Waals surface area contributed by atoms with Gasteiger partial charge < -0.3 is 14.2 Å². The van der Waals surface area contributed by atoms with Gasteiger partial charge in [0.15, 0.2) is 0 Å². The summed E-state index contributed by atoms with van der Waals surface area (Å²) < 4.78 is 20.1. The van der Waals surface area contributed by atoms with Crippen molar-refractivity contribution in [1.29, 1.82) is 0 Å². The number of amides is 2. The quantitative estimate of drug-likeness (QED) is 0.623. The predicted octanol–water partition coefficient (Wildman–Crippen LogP) is 3.74. The minimum Gasteiger partial charge on any atom is -0.467 e. The highest BCUT2D eigenvalue weighted by Gasteiger charge is 2.36. The Balaban J connectivity index is 1.70. The first-order valence-electron chi connectivity index (χ1n) is 8.61. The molecule has 27 heavy (non-hydrogen) atoms. The number of likely N-dealkylation sites (tertiary alicyclic amines) is 1. The Morgan fingerprint density at radius 2 is 2.26 bits per heavy atom. The topological polar surface area (TPSA) is 53.8 Å². The average Bonchev–Trinajstić information content (AvgIpc) is 3.27. The van der Waals surface area contributed by atoms with Crippen molar-refractivity contribution in [1.82, 2.24) is 9.80 Å². The fourth-order valence-electron chi connectivity index (χ4n) is 3.20. The summed E-state index contributed by atoms with van der Waals surface area (Å²) in [5.41, 5.74) is 0.413. The molecule has 1 aliphatic heterocycles. The van der Waals surface area contributed by atoms with Gasteiger partial charge >= 0.3 is 0 Å². The monoisotopic (exact) mass is 434 g/mol. The van der Waals surface area contributed by atoms with Crippen LogP contribution in [-0.2, 0) is 22.7 Å². The second-order valence-electron chi connectivity index (χ2n) is 6.50. The lowest BCUT2D eigenvalue weighted by Crippen LogP contribution is -2.37. The largest absolute Gasteiger partial charge is 0.467 e. The number of hydrogen-bond acceptors (Lipinski definition) is 3. The van der Waals surface area contributed by atoms with E-state index in [0.717, 1.165) is 4.47 Å². The molecule has 0 bridgehead atoms. The van der Waals surface area contributed by atoms with E-state index in [2.05, 4.69) is 22.5 Å². The fraction of sp³-hybridized carbons (Fsp3) is 0.300. The third-order valence-corrected chi connectivity index (χ3v) is 5.01. The van der Waals surface area contributed by atoms with Crippen molar-refractivity contribution >= 4 is 27.7 Å². The van der Waals surface area contributed by atoms with Crippen LogP contribution in [0.2, 0.25) is 0 Å². The summed E-state index contributed by atoms with van der Waals surface area (Å²) in [4.78, 5) is 28.4. The summed E-state index contributed by atoms with van der Waals surface area (Å²) in [5, 5.41) is 0. The van der Waals surface area contributed by atoms with Gasteiger partial charge in [0.05, 0.1) is 18.7 Å². The van der Waals surface area contributed by atoms with Gasteiger partial charge in [-0.2, -0.15) is 0 Å². The molecule has 7 heteroatoms. The normalized spacial score (nSPS) is 16.6. The maximum Gasteiger partial charge on any atom is 0.228 e.